The van der Waals surface area contributed by atoms with Crippen LogP contribution in [0.2, 0.25) is 0 Å². The Balaban J connectivity index is 3.25. The molecule has 0 aromatic carbocycles. The van der Waals surface area contributed by atoms with Crippen LogP contribution in [0, 0.1) is 12.3 Å². The molecule has 1 atom stereocenters. The Morgan fingerprint density at radius 2 is 2.38 bits per heavy atom. The molecule has 0 amide bonds. The van der Waals surface area contributed by atoms with Gasteiger partial charge in [-0.2, -0.15) is 0 Å². The van der Waals surface area contributed by atoms with Crippen molar-refractivity contribution in [2.24, 2.45) is 0 Å². The van der Waals surface area contributed by atoms with Gasteiger partial charge in [-0.3, -0.25) is 0 Å². The van der Waals surface area contributed by atoms with Crippen LogP contribution >= 0.6 is 0 Å². The topological polar surface area (TPSA) is 12.0 Å². The molecule has 0 aliphatic rings. The highest BCUT2D eigenvalue weighted by molar-refractivity contribution is 4.88. The molecular formula is C7H13N. The van der Waals surface area contributed by atoms with Crippen LogP contribution in [0.1, 0.15) is 19.8 Å². The van der Waals surface area contributed by atoms with Gasteiger partial charge in [-0.25, -0.2) is 0 Å². The van der Waals surface area contributed by atoms with Crippen molar-refractivity contribution in [3.63, 3.8) is 0 Å². The van der Waals surface area contributed by atoms with E-state index in [0.717, 1.165) is 12.8 Å². The predicted octanol–water partition coefficient (Wildman–Crippen LogP) is 1.01. The minimum absolute atomic E-state index is 0.514. The Bertz CT molecular complexity index is 76.9. The first kappa shape index (κ1) is 7.52. The van der Waals surface area contributed by atoms with E-state index in [1.165, 1.54) is 0 Å². The third-order valence-electron chi connectivity index (χ3n) is 1.27. The van der Waals surface area contributed by atoms with Gasteiger partial charge in [0.1, 0.15) is 0 Å². The number of rotatable bonds is 3. The van der Waals surface area contributed by atoms with Crippen LogP contribution in [0.25, 0.3) is 0 Å². The molecule has 0 aromatic heterocycles. The van der Waals surface area contributed by atoms with E-state index in [4.69, 9.17) is 6.42 Å². The van der Waals surface area contributed by atoms with Crippen LogP contribution in [0.5, 0.6) is 0 Å². The number of hydrogen-bond donors (Lipinski definition) is 1. The average molecular weight is 111 g/mol. The fourth-order valence-electron chi connectivity index (χ4n) is 0.593. The van der Waals surface area contributed by atoms with Gasteiger partial charge < -0.3 is 5.32 Å². The van der Waals surface area contributed by atoms with Crippen molar-refractivity contribution in [2.45, 2.75) is 25.8 Å². The maximum absolute atomic E-state index is 5.09. The van der Waals surface area contributed by atoms with Gasteiger partial charge in [-0.05, 0) is 13.5 Å². The average Bonchev–Trinajstić information content (AvgIpc) is 1.83. The summed E-state index contributed by atoms with van der Waals surface area (Å²) in [6.45, 7) is 2.12. The summed E-state index contributed by atoms with van der Waals surface area (Å²) in [5.74, 6) is 2.61. The van der Waals surface area contributed by atoms with Crippen LogP contribution in [0.3, 0.4) is 0 Å². The summed E-state index contributed by atoms with van der Waals surface area (Å²) in [4.78, 5) is 0. The molecule has 8 heavy (non-hydrogen) atoms. The quantitative estimate of drug-likeness (QED) is 0.536. The molecule has 0 heterocycles. The van der Waals surface area contributed by atoms with Crippen LogP contribution in [-0.2, 0) is 0 Å². The molecule has 0 rings (SSSR count). The summed E-state index contributed by atoms with van der Waals surface area (Å²) in [6, 6.07) is 0.514. The molecule has 1 nitrogen and oxygen atoms in total. The normalized spacial score (nSPS) is 12.6. The Kier molecular flexibility index (Phi) is 4.39. The van der Waals surface area contributed by atoms with Gasteiger partial charge in [-0.1, -0.05) is 6.92 Å². The predicted molar refractivity (Wildman–Crippen MR) is 36.6 cm³/mol. The Hall–Kier alpha value is -0.480. The van der Waals surface area contributed by atoms with E-state index in [1.807, 2.05) is 7.05 Å². The first-order valence-corrected chi connectivity index (χ1v) is 2.95. The highest BCUT2D eigenvalue weighted by atomic mass is 14.9. The van der Waals surface area contributed by atoms with Crippen molar-refractivity contribution in [2.75, 3.05) is 7.05 Å². The van der Waals surface area contributed by atoms with Gasteiger partial charge in [0, 0.05) is 12.5 Å². The van der Waals surface area contributed by atoms with Gasteiger partial charge in [0.15, 0.2) is 0 Å². The molecule has 46 valence electrons. The Morgan fingerprint density at radius 3 is 2.50 bits per heavy atom. The lowest BCUT2D eigenvalue weighted by Crippen LogP contribution is -2.23. The van der Waals surface area contributed by atoms with Crippen molar-refractivity contribution < 1.29 is 0 Å². The summed E-state index contributed by atoms with van der Waals surface area (Å²) in [7, 11) is 1.94. The fourth-order valence-corrected chi connectivity index (χ4v) is 0.593. The highest BCUT2D eigenvalue weighted by Crippen LogP contribution is 1.92. The Labute approximate surface area is 51.5 Å². The molecule has 0 radical (unpaired) electrons. The fraction of sp³-hybridized carbons (Fsp3) is 0.714. The zero-order valence-corrected chi connectivity index (χ0v) is 5.57. The van der Waals surface area contributed by atoms with E-state index >= 15 is 0 Å². The first-order chi connectivity index (χ1) is 3.85. The van der Waals surface area contributed by atoms with Gasteiger partial charge in [0.25, 0.3) is 0 Å². The van der Waals surface area contributed by atoms with Crippen molar-refractivity contribution in [1.82, 2.24) is 5.32 Å². The molecule has 0 bridgehead atoms. The molecule has 0 saturated carbocycles. The van der Waals surface area contributed by atoms with E-state index < -0.39 is 0 Å². The zero-order chi connectivity index (χ0) is 6.41. The minimum atomic E-state index is 0.514. The zero-order valence-electron chi connectivity index (χ0n) is 5.57. The SMILES string of the molecule is C#CCC(CC)NC. The number of terminal acetylenes is 1. The molecule has 0 fully saturated rings. The summed E-state index contributed by atoms with van der Waals surface area (Å²) in [5.41, 5.74) is 0. The van der Waals surface area contributed by atoms with Crippen molar-refractivity contribution >= 4 is 0 Å². The lowest BCUT2D eigenvalue weighted by atomic mass is 10.2. The lowest BCUT2D eigenvalue weighted by Gasteiger charge is -2.07. The monoisotopic (exact) mass is 111 g/mol. The highest BCUT2D eigenvalue weighted by Gasteiger charge is 1.96. The molecule has 0 aromatic rings. The van der Waals surface area contributed by atoms with E-state index in [0.29, 0.717) is 6.04 Å². The molecule has 1 N–H and O–H groups in total. The maximum atomic E-state index is 5.09. The third-order valence-corrected chi connectivity index (χ3v) is 1.27. The molecule has 0 aliphatic carbocycles. The smallest absolute Gasteiger partial charge is 0.0240 e. The summed E-state index contributed by atoms with van der Waals surface area (Å²) >= 11 is 0. The summed E-state index contributed by atoms with van der Waals surface area (Å²) in [6.07, 6.45) is 7.04. The first-order valence-electron chi connectivity index (χ1n) is 2.95. The number of hydrogen-bond acceptors (Lipinski definition) is 1. The van der Waals surface area contributed by atoms with Crippen molar-refractivity contribution in [1.29, 1.82) is 0 Å². The molecular weight excluding hydrogens is 98.1 g/mol. The summed E-state index contributed by atoms with van der Waals surface area (Å²) in [5, 5.41) is 3.11. The molecule has 1 heteroatoms. The van der Waals surface area contributed by atoms with E-state index in [9.17, 15) is 0 Å². The van der Waals surface area contributed by atoms with Gasteiger partial charge >= 0.3 is 0 Å². The molecule has 0 aliphatic heterocycles. The van der Waals surface area contributed by atoms with Crippen LogP contribution in [0.15, 0.2) is 0 Å². The van der Waals surface area contributed by atoms with E-state index in [2.05, 4.69) is 18.2 Å². The van der Waals surface area contributed by atoms with Gasteiger partial charge in [0.05, 0.1) is 0 Å². The Morgan fingerprint density at radius 1 is 1.75 bits per heavy atom. The largest absolute Gasteiger partial charge is 0.316 e. The number of nitrogens with one attached hydrogen (secondary N) is 1. The van der Waals surface area contributed by atoms with E-state index in [1.54, 1.807) is 0 Å². The standard InChI is InChI=1S/C7H13N/c1-4-6-7(5-2)8-3/h1,7-8H,5-6H2,2-3H3. The van der Waals surface area contributed by atoms with Crippen molar-refractivity contribution in [3.8, 4) is 12.3 Å². The second-order valence-electron chi connectivity index (χ2n) is 1.80. The second-order valence-corrected chi connectivity index (χ2v) is 1.80. The lowest BCUT2D eigenvalue weighted by molar-refractivity contribution is 0.559. The van der Waals surface area contributed by atoms with Crippen molar-refractivity contribution in [3.05, 3.63) is 0 Å². The van der Waals surface area contributed by atoms with E-state index in [-0.39, 0.29) is 0 Å². The molecule has 1 unspecified atom stereocenters. The van der Waals surface area contributed by atoms with Crippen LogP contribution < -0.4 is 5.32 Å². The van der Waals surface area contributed by atoms with Crippen LogP contribution in [0.4, 0.5) is 0 Å². The molecule has 0 spiro atoms. The third kappa shape index (κ3) is 2.65. The minimum Gasteiger partial charge on any atom is -0.316 e. The van der Waals surface area contributed by atoms with Gasteiger partial charge in [0.2, 0.25) is 0 Å². The molecule has 0 saturated heterocycles. The summed E-state index contributed by atoms with van der Waals surface area (Å²) < 4.78 is 0. The van der Waals surface area contributed by atoms with Gasteiger partial charge in [-0.15, -0.1) is 12.3 Å². The maximum Gasteiger partial charge on any atom is 0.0240 e. The second kappa shape index (κ2) is 4.67. The van der Waals surface area contributed by atoms with Crippen LogP contribution in [-0.4, -0.2) is 13.1 Å².